The molecule has 0 spiro atoms. The number of alkyl halides is 1. The highest BCUT2D eigenvalue weighted by atomic mass is 35.5. The summed E-state index contributed by atoms with van der Waals surface area (Å²) < 4.78 is 0. The quantitative estimate of drug-likeness (QED) is 0.619. The molecule has 0 nitrogen and oxygen atoms in total. The molecule has 0 heterocycles. The van der Waals surface area contributed by atoms with Gasteiger partial charge in [0.25, 0.3) is 0 Å². The number of benzene rings is 2. The predicted molar refractivity (Wildman–Crippen MR) is 84.8 cm³/mol. The Bertz CT molecular complexity index is 564. The van der Waals surface area contributed by atoms with Crippen molar-refractivity contribution in [2.24, 2.45) is 0 Å². The molecule has 2 rings (SSSR count). The highest BCUT2D eigenvalue weighted by Crippen LogP contribution is 2.30. The van der Waals surface area contributed by atoms with Crippen molar-refractivity contribution in [3.63, 3.8) is 0 Å². The van der Waals surface area contributed by atoms with E-state index in [4.69, 9.17) is 34.8 Å². The Morgan fingerprint density at radius 3 is 2.47 bits per heavy atom. The van der Waals surface area contributed by atoms with Gasteiger partial charge in [-0.15, -0.1) is 11.6 Å². The fourth-order valence-corrected chi connectivity index (χ4v) is 2.84. The van der Waals surface area contributed by atoms with Gasteiger partial charge in [-0.2, -0.15) is 0 Å². The van der Waals surface area contributed by atoms with Crippen molar-refractivity contribution in [3.8, 4) is 0 Å². The molecule has 0 radical (unpaired) electrons. The number of aryl methyl sites for hydroxylation is 1. The van der Waals surface area contributed by atoms with E-state index >= 15 is 0 Å². The fourth-order valence-electron chi connectivity index (χ4n) is 2.16. The summed E-state index contributed by atoms with van der Waals surface area (Å²) in [5, 5.41) is 1.23. The summed E-state index contributed by atoms with van der Waals surface area (Å²) in [5.41, 5.74) is 3.53. The summed E-state index contributed by atoms with van der Waals surface area (Å²) in [6.45, 7) is 2.08. The van der Waals surface area contributed by atoms with Crippen molar-refractivity contribution in [1.82, 2.24) is 0 Å². The van der Waals surface area contributed by atoms with E-state index in [0.717, 1.165) is 12.0 Å². The molecule has 19 heavy (non-hydrogen) atoms. The first-order valence-corrected chi connectivity index (χ1v) is 7.46. The van der Waals surface area contributed by atoms with Crippen LogP contribution in [-0.4, -0.2) is 5.88 Å². The Labute approximate surface area is 129 Å². The second-order valence-corrected chi connectivity index (χ2v) is 5.78. The van der Waals surface area contributed by atoms with Gasteiger partial charge in [0.1, 0.15) is 0 Å². The molecule has 0 fully saturated rings. The molecular formula is C16H15Cl3. The summed E-state index contributed by atoms with van der Waals surface area (Å²) >= 11 is 18.4. The van der Waals surface area contributed by atoms with Crippen molar-refractivity contribution in [3.05, 3.63) is 69.2 Å². The van der Waals surface area contributed by atoms with Gasteiger partial charge in [0.15, 0.2) is 0 Å². The minimum absolute atomic E-state index is 0.248. The first-order chi connectivity index (χ1) is 9.11. The Morgan fingerprint density at radius 2 is 1.79 bits per heavy atom. The first-order valence-electron chi connectivity index (χ1n) is 6.17. The molecule has 2 aromatic carbocycles. The Morgan fingerprint density at radius 1 is 1.05 bits per heavy atom. The van der Waals surface area contributed by atoms with Crippen LogP contribution >= 0.6 is 34.8 Å². The van der Waals surface area contributed by atoms with E-state index in [2.05, 4.69) is 31.2 Å². The minimum Gasteiger partial charge on any atom is -0.126 e. The molecule has 0 aromatic heterocycles. The van der Waals surface area contributed by atoms with Gasteiger partial charge >= 0.3 is 0 Å². The van der Waals surface area contributed by atoms with E-state index in [9.17, 15) is 0 Å². The average Bonchev–Trinajstić information content (AvgIpc) is 2.40. The van der Waals surface area contributed by atoms with Gasteiger partial charge in [-0.25, -0.2) is 0 Å². The standard InChI is InChI=1S/C16H15Cl3/c1-11-4-2-5-12(8-11)14(10-17)9-13-6-3-7-15(18)16(13)19/h2-8,14H,9-10H2,1H3. The lowest BCUT2D eigenvalue weighted by atomic mass is 9.92. The average molecular weight is 314 g/mol. The molecule has 3 heteroatoms. The van der Waals surface area contributed by atoms with Gasteiger partial charge in [0, 0.05) is 11.8 Å². The summed E-state index contributed by atoms with van der Waals surface area (Å²) in [6.07, 6.45) is 0.798. The third kappa shape index (κ3) is 3.66. The molecular weight excluding hydrogens is 299 g/mol. The topological polar surface area (TPSA) is 0 Å². The lowest BCUT2D eigenvalue weighted by Crippen LogP contribution is -2.05. The maximum Gasteiger partial charge on any atom is 0.0624 e. The van der Waals surface area contributed by atoms with Crippen LogP contribution in [0.4, 0.5) is 0 Å². The van der Waals surface area contributed by atoms with Gasteiger partial charge < -0.3 is 0 Å². The van der Waals surface area contributed by atoms with Crippen molar-refractivity contribution in [1.29, 1.82) is 0 Å². The van der Waals surface area contributed by atoms with E-state index in [1.165, 1.54) is 11.1 Å². The van der Waals surface area contributed by atoms with Crippen LogP contribution in [0.15, 0.2) is 42.5 Å². The lowest BCUT2D eigenvalue weighted by molar-refractivity contribution is 0.765. The maximum atomic E-state index is 6.24. The second kappa shape index (κ2) is 6.65. The van der Waals surface area contributed by atoms with Crippen LogP contribution in [0.25, 0.3) is 0 Å². The highest BCUT2D eigenvalue weighted by Gasteiger charge is 2.14. The SMILES string of the molecule is Cc1cccc(C(CCl)Cc2cccc(Cl)c2Cl)c1. The van der Waals surface area contributed by atoms with E-state index in [1.54, 1.807) is 6.07 Å². The highest BCUT2D eigenvalue weighted by molar-refractivity contribution is 6.42. The summed E-state index contributed by atoms with van der Waals surface area (Å²) in [7, 11) is 0. The van der Waals surface area contributed by atoms with E-state index in [-0.39, 0.29) is 5.92 Å². The summed E-state index contributed by atoms with van der Waals surface area (Å²) in [4.78, 5) is 0. The van der Waals surface area contributed by atoms with Crippen LogP contribution in [0, 0.1) is 6.92 Å². The van der Waals surface area contributed by atoms with E-state index < -0.39 is 0 Å². The first kappa shape index (κ1) is 14.7. The number of hydrogen-bond donors (Lipinski definition) is 0. The molecule has 0 aliphatic rings. The smallest absolute Gasteiger partial charge is 0.0624 e. The molecule has 0 bridgehead atoms. The van der Waals surface area contributed by atoms with Crippen molar-refractivity contribution < 1.29 is 0 Å². The van der Waals surface area contributed by atoms with Crippen LogP contribution in [-0.2, 0) is 6.42 Å². The van der Waals surface area contributed by atoms with Crippen molar-refractivity contribution >= 4 is 34.8 Å². The molecule has 2 aromatic rings. The van der Waals surface area contributed by atoms with Crippen molar-refractivity contribution in [2.45, 2.75) is 19.3 Å². The second-order valence-electron chi connectivity index (χ2n) is 4.68. The lowest BCUT2D eigenvalue weighted by Gasteiger charge is -2.16. The summed E-state index contributed by atoms with van der Waals surface area (Å²) in [6, 6.07) is 14.2. The van der Waals surface area contributed by atoms with E-state index in [0.29, 0.717) is 15.9 Å². The van der Waals surface area contributed by atoms with E-state index in [1.807, 2.05) is 12.1 Å². The zero-order chi connectivity index (χ0) is 13.8. The maximum absolute atomic E-state index is 6.24. The largest absolute Gasteiger partial charge is 0.126 e. The van der Waals surface area contributed by atoms with Gasteiger partial charge in [-0.05, 0) is 30.5 Å². The molecule has 0 aliphatic carbocycles. The molecule has 0 saturated carbocycles. The number of rotatable bonds is 4. The van der Waals surface area contributed by atoms with Gasteiger partial charge in [0.2, 0.25) is 0 Å². The minimum atomic E-state index is 0.248. The Hall–Kier alpha value is -0.690. The summed E-state index contributed by atoms with van der Waals surface area (Å²) in [5.74, 6) is 0.810. The normalized spacial score (nSPS) is 12.4. The van der Waals surface area contributed by atoms with Crippen LogP contribution in [0.3, 0.4) is 0 Å². The molecule has 100 valence electrons. The molecule has 0 saturated heterocycles. The fraction of sp³-hybridized carbons (Fsp3) is 0.250. The van der Waals surface area contributed by atoms with Crippen LogP contribution in [0.5, 0.6) is 0 Å². The van der Waals surface area contributed by atoms with Gasteiger partial charge in [-0.3, -0.25) is 0 Å². The molecule has 0 N–H and O–H groups in total. The third-order valence-electron chi connectivity index (χ3n) is 3.20. The molecule has 0 amide bonds. The molecule has 0 aliphatic heterocycles. The van der Waals surface area contributed by atoms with Gasteiger partial charge in [0.05, 0.1) is 10.0 Å². The third-order valence-corrected chi connectivity index (χ3v) is 4.43. The molecule has 1 unspecified atom stereocenters. The number of halogens is 3. The number of hydrogen-bond acceptors (Lipinski definition) is 0. The van der Waals surface area contributed by atoms with Crippen molar-refractivity contribution in [2.75, 3.05) is 5.88 Å². The van der Waals surface area contributed by atoms with Crippen LogP contribution < -0.4 is 0 Å². The zero-order valence-electron chi connectivity index (χ0n) is 10.7. The monoisotopic (exact) mass is 312 g/mol. The van der Waals surface area contributed by atoms with Crippen LogP contribution in [0.1, 0.15) is 22.6 Å². The van der Waals surface area contributed by atoms with Crippen LogP contribution in [0.2, 0.25) is 10.0 Å². The zero-order valence-corrected chi connectivity index (χ0v) is 12.9. The predicted octanol–water partition coefficient (Wildman–Crippen LogP) is 5.87. The van der Waals surface area contributed by atoms with Gasteiger partial charge in [-0.1, -0.05) is 65.2 Å². The Balaban J connectivity index is 2.26. The Kier molecular flexibility index (Phi) is 5.15. The molecule has 1 atom stereocenters.